The van der Waals surface area contributed by atoms with E-state index in [0.29, 0.717) is 36.6 Å². The molecule has 0 saturated carbocycles. The van der Waals surface area contributed by atoms with Crippen LogP contribution in [0.1, 0.15) is 12.0 Å². The van der Waals surface area contributed by atoms with Crippen molar-refractivity contribution < 1.29 is 4.79 Å². The monoisotopic (exact) mass is 369 g/mol. The molecule has 1 fully saturated rings. The molecule has 134 valence electrons. The Morgan fingerprint density at radius 2 is 2.04 bits per heavy atom. The molecule has 0 unspecified atom stereocenters. The number of nitrogens with one attached hydrogen (secondary N) is 1. The number of pyridine rings is 1. The summed E-state index contributed by atoms with van der Waals surface area (Å²) in [7, 11) is 0. The summed E-state index contributed by atoms with van der Waals surface area (Å²) in [5, 5.41) is 12.5. The van der Waals surface area contributed by atoms with Gasteiger partial charge in [0.2, 0.25) is 5.91 Å². The Morgan fingerprint density at radius 3 is 2.69 bits per heavy atom. The Balaban J connectivity index is 1.43. The van der Waals surface area contributed by atoms with Crippen LogP contribution in [0.4, 0.5) is 11.5 Å². The third-order valence-electron chi connectivity index (χ3n) is 4.36. The first-order valence-electron chi connectivity index (χ1n) is 8.54. The van der Waals surface area contributed by atoms with E-state index in [4.69, 9.17) is 16.9 Å². The molecule has 1 amide bonds. The van der Waals surface area contributed by atoms with Gasteiger partial charge < -0.3 is 15.1 Å². The van der Waals surface area contributed by atoms with Crippen molar-refractivity contribution in [1.29, 1.82) is 5.26 Å². The molecule has 7 heteroatoms. The highest BCUT2D eigenvalue weighted by atomic mass is 35.5. The van der Waals surface area contributed by atoms with Gasteiger partial charge in [-0.15, -0.1) is 0 Å². The quantitative estimate of drug-likeness (QED) is 0.877. The average molecular weight is 370 g/mol. The van der Waals surface area contributed by atoms with Crippen LogP contribution in [-0.2, 0) is 4.79 Å². The molecular formula is C19H20ClN5O. The van der Waals surface area contributed by atoms with Gasteiger partial charge >= 0.3 is 0 Å². The molecule has 0 spiro atoms. The van der Waals surface area contributed by atoms with Crippen molar-refractivity contribution in [3.05, 3.63) is 53.2 Å². The number of hydrogen-bond acceptors (Lipinski definition) is 5. The van der Waals surface area contributed by atoms with E-state index < -0.39 is 0 Å². The first kappa shape index (κ1) is 18.0. The lowest BCUT2D eigenvalue weighted by molar-refractivity contribution is -0.131. The van der Waals surface area contributed by atoms with E-state index in [2.05, 4.69) is 15.2 Å². The van der Waals surface area contributed by atoms with E-state index in [-0.39, 0.29) is 5.91 Å². The van der Waals surface area contributed by atoms with Crippen molar-refractivity contribution >= 4 is 29.0 Å². The molecule has 0 aliphatic carbocycles. The zero-order valence-electron chi connectivity index (χ0n) is 14.4. The summed E-state index contributed by atoms with van der Waals surface area (Å²) < 4.78 is 0. The maximum atomic E-state index is 12.4. The van der Waals surface area contributed by atoms with Crippen LogP contribution in [0.3, 0.4) is 0 Å². The predicted octanol–water partition coefficient (Wildman–Crippen LogP) is 2.76. The molecular weight excluding hydrogens is 350 g/mol. The van der Waals surface area contributed by atoms with Crippen molar-refractivity contribution in [2.24, 2.45) is 0 Å². The smallest absolute Gasteiger partial charge is 0.224 e. The van der Waals surface area contributed by atoms with E-state index in [1.165, 1.54) is 0 Å². The minimum absolute atomic E-state index is 0.137. The lowest BCUT2D eigenvalue weighted by Crippen LogP contribution is -2.49. The highest BCUT2D eigenvalue weighted by molar-refractivity contribution is 6.32. The second-order valence-corrected chi connectivity index (χ2v) is 6.45. The fraction of sp³-hybridized carbons (Fsp3) is 0.316. The lowest BCUT2D eigenvalue weighted by Gasteiger charge is -2.35. The number of anilines is 2. The van der Waals surface area contributed by atoms with Crippen LogP contribution in [0.25, 0.3) is 0 Å². The Hall–Kier alpha value is -2.78. The van der Waals surface area contributed by atoms with E-state index in [1.807, 2.05) is 29.2 Å². The van der Waals surface area contributed by atoms with Crippen LogP contribution in [0.15, 0.2) is 42.6 Å². The van der Waals surface area contributed by atoms with Crippen LogP contribution in [-0.4, -0.2) is 48.5 Å². The maximum absolute atomic E-state index is 12.4. The van der Waals surface area contributed by atoms with Gasteiger partial charge in [0, 0.05) is 51.0 Å². The number of carbonyl (C=O) groups excluding carboxylic acids is 1. The zero-order valence-corrected chi connectivity index (χ0v) is 15.1. The van der Waals surface area contributed by atoms with E-state index in [0.717, 1.165) is 24.6 Å². The summed E-state index contributed by atoms with van der Waals surface area (Å²) in [5.41, 5.74) is 1.25. The number of amides is 1. The van der Waals surface area contributed by atoms with Crippen molar-refractivity contribution in [1.82, 2.24) is 9.88 Å². The number of benzene rings is 1. The van der Waals surface area contributed by atoms with Gasteiger partial charge in [-0.25, -0.2) is 4.98 Å². The van der Waals surface area contributed by atoms with Gasteiger partial charge in [0.15, 0.2) is 0 Å². The van der Waals surface area contributed by atoms with Gasteiger partial charge in [-0.2, -0.15) is 5.26 Å². The molecule has 1 aliphatic heterocycles. The van der Waals surface area contributed by atoms with Gasteiger partial charge in [-0.05, 0) is 30.3 Å². The Bertz CT molecular complexity index is 797. The van der Waals surface area contributed by atoms with Gasteiger partial charge in [0.05, 0.1) is 10.6 Å². The standard InChI is InChI=1S/C19H20ClN5O/c20-17-13-16(5-4-15(17)14-21)22-8-6-19(26)25-11-9-24(10-12-25)18-3-1-2-7-23-18/h1-5,7,13,22H,6,8-12H2. The lowest BCUT2D eigenvalue weighted by atomic mass is 10.2. The van der Waals surface area contributed by atoms with Crippen molar-refractivity contribution in [3.63, 3.8) is 0 Å². The van der Waals surface area contributed by atoms with Gasteiger partial charge in [-0.3, -0.25) is 4.79 Å². The number of hydrogen-bond donors (Lipinski definition) is 1. The number of aromatic nitrogens is 1. The number of piperazine rings is 1. The molecule has 2 aromatic rings. The van der Waals surface area contributed by atoms with Crippen LogP contribution < -0.4 is 10.2 Å². The molecule has 0 radical (unpaired) electrons. The molecule has 1 N–H and O–H groups in total. The number of nitrogens with zero attached hydrogens (tertiary/aromatic N) is 4. The minimum atomic E-state index is 0.137. The maximum Gasteiger partial charge on any atom is 0.224 e. The fourth-order valence-electron chi connectivity index (χ4n) is 2.91. The van der Waals surface area contributed by atoms with Crippen molar-refractivity contribution in [3.8, 4) is 6.07 Å². The first-order valence-corrected chi connectivity index (χ1v) is 8.92. The molecule has 0 atom stereocenters. The van der Waals surface area contributed by atoms with E-state index >= 15 is 0 Å². The second-order valence-electron chi connectivity index (χ2n) is 6.04. The van der Waals surface area contributed by atoms with Crippen LogP contribution in [0.5, 0.6) is 0 Å². The number of carbonyl (C=O) groups is 1. The van der Waals surface area contributed by atoms with Crippen LogP contribution in [0.2, 0.25) is 5.02 Å². The molecule has 1 aromatic heterocycles. The summed E-state index contributed by atoms with van der Waals surface area (Å²) >= 11 is 6.01. The van der Waals surface area contributed by atoms with Gasteiger partial charge in [-0.1, -0.05) is 17.7 Å². The summed E-state index contributed by atoms with van der Waals surface area (Å²) in [6, 6.07) is 13.1. The zero-order chi connectivity index (χ0) is 18.4. The molecule has 3 rings (SSSR count). The fourth-order valence-corrected chi connectivity index (χ4v) is 3.14. The Kier molecular flexibility index (Phi) is 5.92. The molecule has 1 aromatic carbocycles. The molecule has 26 heavy (non-hydrogen) atoms. The largest absolute Gasteiger partial charge is 0.384 e. The summed E-state index contributed by atoms with van der Waals surface area (Å²) in [4.78, 5) is 20.8. The SMILES string of the molecule is N#Cc1ccc(NCCC(=O)N2CCN(c3ccccn3)CC2)cc1Cl. The van der Waals surface area contributed by atoms with Crippen LogP contribution in [0, 0.1) is 11.3 Å². The molecule has 0 bridgehead atoms. The normalized spacial score (nSPS) is 14.0. The van der Waals surface area contributed by atoms with Crippen LogP contribution >= 0.6 is 11.6 Å². The predicted molar refractivity (Wildman–Crippen MR) is 102 cm³/mol. The molecule has 1 saturated heterocycles. The summed E-state index contributed by atoms with van der Waals surface area (Å²) in [6.45, 7) is 3.53. The van der Waals surface area contributed by atoms with Crippen molar-refractivity contribution in [2.45, 2.75) is 6.42 Å². The summed E-state index contributed by atoms with van der Waals surface area (Å²) in [5.74, 6) is 1.09. The molecule has 6 nitrogen and oxygen atoms in total. The summed E-state index contributed by atoms with van der Waals surface area (Å²) in [6.07, 6.45) is 2.20. The molecule has 2 heterocycles. The number of nitriles is 1. The minimum Gasteiger partial charge on any atom is -0.384 e. The number of rotatable bonds is 5. The third-order valence-corrected chi connectivity index (χ3v) is 4.68. The topological polar surface area (TPSA) is 72.3 Å². The Morgan fingerprint density at radius 1 is 1.23 bits per heavy atom. The average Bonchev–Trinajstić information content (AvgIpc) is 2.69. The van der Waals surface area contributed by atoms with Gasteiger partial charge in [0.25, 0.3) is 0 Å². The molecule has 1 aliphatic rings. The highest BCUT2D eigenvalue weighted by Crippen LogP contribution is 2.20. The van der Waals surface area contributed by atoms with Gasteiger partial charge in [0.1, 0.15) is 11.9 Å². The highest BCUT2D eigenvalue weighted by Gasteiger charge is 2.21. The van der Waals surface area contributed by atoms with Crippen molar-refractivity contribution in [2.75, 3.05) is 42.9 Å². The third kappa shape index (κ3) is 4.44. The first-order chi connectivity index (χ1) is 12.7. The second kappa shape index (κ2) is 8.54. The number of halogens is 1. The van der Waals surface area contributed by atoms with E-state index in [1.54, 1.807) is 24.4 Å². The Labute approximate surface area is 158 Å². The van der Waals surface area contributed by atoms with E-state index in [9.17, 15) is 4.79 Å².